The summed E-state index contributed by atoms with van der Waals surface area (Å²) in [6.07, 6.45) is -1.48. The molecule has 9 nitrogen and oxygen atoms in total. The van der Waals surface area contributed by atoms with Gasteiger partial charge in [-0.2, -0.15) is 0 Å². The number of nitrogens with one attached hydrogen (secondary N) is 1. The smallest absolute Gasteiger partial charge is 0.292 e. The summed E-state index contributed by atoms with van der Waals surface area (Å²) in [5.74, 6) is -1.15. The van der Waals surface area contributed by atoms with Crippen LogP contribution in [0.5, 0.6) is 5.75 Å². The molecule has 0 spiro atoms. The van der Waals surface area contributed by atoms with Crippen LogP contribution in [-0.2, 0) is 16.1 Å². The number of nitrogens with zero attached hydrogens (tertiary/aromatic N) is 2. The van der Waals surface area contributed by atoms with Crippen LogP contribution in [0.15, 0.2) is 53.1 Å². The normalized spacial score (nSPS) is 11.8. The number of carbonyl (C=O) groups is 2. The topological polar surface area (TPSA) is 120 Å². The van der Waals surface area contributed by atoms with Crippen molar-refractivity contribution < 1.29 is 32.3 Å². The number of ether oxygens (including phenoxy) is 2. The van der Waals surface area contributed by atoms with E-state index in [-0.39, 0.29) is 37.2 Å². The third-order valence-electron chi connectivity index (χ3n) is 5.44. The van der Waals surface area contributed by atoms with Gasteiger partial charge in [0.05, 0.1) is 12.8 Å². The first kappa shape index (κ1) is 28.9. The van der Waals surface area contributed by atoms with Gasteiger partial charge in [0.2, 0.25) is 11.7 Å². The molecular formula is C26H29ClF2N4O5. The van der Waals surface area contributed by atoms with E-state index in [0.29, 0.717) is 22.8 Å². The van der Waals surface area contributed by atoms with Gasteiger partial charge >= 0.3 is 0 Å². The third-order valence-corrected chi connectivity index (χ3v) is 5.85. The lowest BCUT2D eigenvalue weighted by atomic mass is 10.0. The standard InChI is InChI=1S/C26H29ClF2N4O5/c1-3-36-10-9-31-24(34)23(18-8-7-16(2)20(27)12-18)33(25(35)21-13-32-26(30)38-21)14-17-5-4-6-19(11-17)37-15-22(28)29/h4-8,11-13,22-23H,3,9-10,14-15H2,1-2H3,(H2,30,32)(H,31,34). The van der Waals surface area contributed by atoms with E-state index in [1.807, 2.05) is 13.8 Å². The highest BCUT2D eigenvalue weighted by Crippen LogP contribution is 2.30. The van der Waals surface area contributed by atoms with Crippen LogP contribution in [0.4, 0.5) is 14.8 Å². The van der Waals surface area contributed by atoms with Crippen molar-refractivity contribution in [3.8, 4) is 5.75 Å². The van der Waals surface area contributed by atoms with Gasteiger partial charge in [-0.15, -0.1) is 0 Å². The number of amides is 2. The van der Waals surface area contributed by atoms with Gasteiger partial charge in [0.25, 0.3) is 18.3 Å². The summed E-state index contributed by atoms with van der Waals surface area (Å²) in [6.45, 7) is 3.72. The zero-order valence-corrected chi connectivity index (χ0v) is 21.7. The average molecular weight is 551 g/mol. The van der Waals surface area contributed by atoms with Crippen molar-refractivity contribution in [2.24, 2.45) is 0 Å². The van der Waals surface area contributed by atoms with Gasteiger partial charge in [-0.25, -0.2) is 13.8 Å². The van der Waals surface area contributed by atoms with Crippen molar-refractivity contribution in [2.75, 3.05) is 32.1 Å². The molecule has 12 heteroatoms. The minimum absolute atomic E-state index is 0.111. The molecule has 1 aromatic heterocycles. The van der Waals surface area contributed by atoms with Gasteiger partial charge in [0, 0.05) is 24.7 Å². The Kier molecular flexibility index (Phi) is 10.4. The molecule has 0 radical (unpaired) electrons. The molecule has 0 aliphatic carbocycles. The molecule has 0 fully saturated rings. The maximum absolute atomic E-state index is 13.7. The molecule has 1 atom stereocenters. The van der Waals surface area contributed by atoms with Crippen LogP contribution in [0.25, 0.3) is 0 Å². The second kappa shape index (κ2) is 13.7. The number of hydrogen-bond donors (Lipinski definition) is 2. The Balaban J connectivity index is 2.03. The number of oxazole rings is 1. The fourth-order valence-electron chi connectivity index (χ4n) is 3.64. The van der Waals surface area contributed by atoms with Crippen molar-refractivity contribution in [3.63, 3.8) is 0 Å². The molecule has 2 aromatic carbocycles. The van der Waals surface area contributed by atoms with E-state index in [1.54, 1.807) is 30.3 Å². The van der Waals surface area contributed by atoms with Crippen LogP contribution >= 0.6 is 11.6 Å². The minimum Gasteiger partial charge on any atom is -0.488 e. The van der Waals surface area contributed by atoms with Crippen molar-refractivity contribution in [2.45, 2.75) is 32.9 Å². The second-order valence-corrected chi connectivity index (χ2v) is 8.65. The molecule has 3 rings (SSSR count). The Hall–Kier alpha value is -3.70. The first-order valence-electron chi connectivity index (χ1n) is 11.8. The summed E-state index contributed by atoms with van der Waals surface area (Å²) >= 11 is 6.38. The van der Waals surface area contributed by atoms with Crippen molar-refractivity contribution in [1.82, 2.24) is 15.2 Å². The fourth-order valence-corrected chi connectivity index (χ4v) is 3.83. The molecule has 0 aliphatic rings. The quantitative estimate of drug-likeness (QED) is 0.303. The summed E-state index contributed by atoms with van der Waals surface area (Å²) in [6, 6.07) is 10.0. The SMILES string of the molecule is CCOCCNC(=O)C(c1ccc(C)c(Cl)c1)N(Cc1cccc(OCC(F)F)c1)C(=O)c1cnc(N)o1. The maximum Gasteiger partial charge on any atom is 0.292 e. The summed E-state index contributed by atoms with van der Waals surface area (Å²) in [5.41, 5.74) is 7.34. The molecular weight excluding hydrogens is 522 g/mol. The molecule has 1 unspecified atom stereocenters. The van der Waals surface area contributed by atoms with Crippen molar-refractivity contribution in [1.29, 1.82) is 0 Å². The van der Waals surface area contributed by atoms with Crippen LogP contribution < -0.4 is 15.8 Å². The molecule has 1 heterocycles. The van der Waals surface area contributed by atoms with E-state index in [1.165, 1.54) is 23.2 Å². The van der Waals surface area contributed by atoms with Gasteiger partial charge < -0.3 is 29.8 Å². The Labute approximate surface area is 223 Å². The summed E-state index contributed by atoms with van der Waals surface area (Å²) in [7, 11) is 0. The van der Waals surface area contributed by atoms with Gasteiger partial charge in [-0.1, -0.05) is 35.9 Å². The van der Waals surface area contributed by atoms with E-state index in [2.05, 4.69) is 10.3 Å². The van der Waals surface area contributed by atoms with Gasteiger partial charge in [-0.3, -0.25) is 9.59 Å². The Morgan fingerprint density at radius 1 is 1.24 bits per heavy atom. The molecule has 3 N–H and O–H groups in total. The number of anilines is 1. The first-order valence-corrected chi connectivity index (χ1v) is 12.2. The molecule has 0 bridgehead atoms. The molecule has 204 valence electrons. The predicted molar refractivity (Wildman–Crippen MR) is 137 cm³/mol. The zero-order chi connectivity index (χ0) is 27.7. The van der Waals surface area contributed by atoms with Crippen molar-refractivity contribution in [3.05, 3.63) is 76.1 Å². The molecule has 0 saturated heterocycles. The lowest BCUT2D eigenvalue weighted by Gasteiger charge is -2.31. The van der Waals surface area contributed by atoms with E-state index in [0.717, 1.165) is 5.56 Å². The summed E-state index contributed by atoms with van der Waals surface area (Å²) in [5, 5.41) is 3.20. The molecule has 3 aromatic rings. The molecule has 38 heavy (non-hydrogen) atoms. The highest BCUT2D eigenvalue weighted by Gasteiger charge is 2.34. The maximum atomic E-state index is 13.7. The lowest BCUT2D eigenvalue weighted by molar-refractivity contribution is -0.126. The van der Waals surface area contributed by atoms with Crippen LogP contribution in [-0.4, -0.2) is 54.5 Å². The predicted octanol–water partition coefficient (Wildman–Crippen LogP) is 4.40. The lowest BCUT2D eigenvalue weighted by Crippen LogP contribution is -2.44. The van der Waals surface area contributed by atoms with Crippen LogP contribution in [0.2, 0.25) is 5.02 Å². The Bertz CT molecular complexity index is 1240. The fraction of sp³-hybridized carbons (Fsp3) is 0.346. The van der Waals surface area contributed by atoms with Crippen molar-refractivity contribution >= 4 is 29.4 Å². The van der Waals surface area contributed by atoms with Gasteiger partial charge in [-0.05, 0) is 48.7 Å². The zero-order valence-electron chi connectivity index (χ0n) is 21.0. The molecule has 2 amide bonds. The number of hydrogen-bond acceptors (Lipinski definition) is 7. The highest BCUT2D eigenvalue weighted by atomic mass is 35.5. The number of rotatable bonds is 13. The largest absolute Gasteiger partial charge is 0.488 e. The van der Waals surface area contributed by atoms with Crippen LogP contribution in [0.3, 0.4) is 0 Å². The van der Waals surface area contributed by atoms with E-state index in [4.69, 9.17) is 31.2 Å². The second-order valence-electron chi connectivity index (χ2n) is 8.24. The first-order chi connectivity index (χ1) is 18.2. The average Bonchev–Trinajstić information content (AvgIpc) is 3.33. The molecule has 0 saturated carbocycles. The number of carbonyl (C=O) groups excluding carboxylic acids is 2. The minimum atomic E-state index is -2.65. The van der Waals surface area contributed by atoms with E-state index < -0.39 is 30.9 Å². The number of benzene rings is 2. The number of nitrogens with two attached hydrogens (primary N) is 1. The van der Waals surface area contributed by atoms with Crippen LogP contribution in [0, 0.1) is 6.92 Å². The van der Waals surface area contributed by atoms with Gasteiger partial charge in [0.1, 0.15) is 18.4 Å². The highest BCUT2D eigenvalue weighted by molar-refractivity contribution is 6.31. The number of aromatic nitrogens is 1. The Morgan fingerprint density at radius 2 is 2.03 bits per heavy atom. The number of aryl methyl sites for hydroxylation is 1. The van der Waals surface area contributed by atoms with Crippen LogP contribution in [0.1, 0.15) is 40.2 Å². The molecule has 0 aliphatic heterocycles. The Morgan fingerprint density at radius 3 is 2.68 bits per heavy atom. The van der Waals surface area contributed by atoms with E-state index in [9.17, 15) is 18.4 Å². The van der Waals surface area contributed by atoms with E-state index >= 15 is 0 Å². The number of alkyl halides is 2. The number of nitrogen functional groups attached to an aromatic ring is 1. The number of halogens is 3. The summed E-state index contributed by atoms with van der Waals surface area (Å²) in [4.78, 5) is 32.3. The van der Waals surface area contributed by atoms with Gasteiger partial charge in [0.15, 0.2) is 0 Å². The monoisotopic (exact) mass is 550 g/mol. The summed E-state index contributed by atoms with van der Waals surface area (Å²) < 4.78 is 41.0. The third kappa shape index (κ3) is 7.90.